The highest BCUT2D eigenvalue weighted by atomic mass is 19.1. The normalized spacial score (nSPS) is 20.8. The lowest BCUT2D eigenvalue weighted by Crippen LogP contribution is -2.31. The molecule has 0 bridgehead atoms. The largest absolute Gasteiger partial charge is 0.443 e. The van der Waals surface area contributed by atoms with Crippen molar-refractivity contribution in [2.24, 2.45) is 5.92 Å². The van der Waals surface area contributed by atoms with Crippen LogP contribution < -0.4 is 0 Å². The third kappa shape index (κ3) is 3.67. The van der Waals surface area contributed by atoms with Crippen LogP contribution in [0.4, 0.5) is 4.39 Å². The lowest BCUT2D eigenvalue weighted by atomic mass is 10.0. The first-order valence-electron chi connectivity index (χ1n) is 9.68. The molecule has 1 aliphatic carbocycles. The van der Waals surface area contributed by atoms with Crippen molar-refractivity contribution in [2.45, 2.75) is 57.4 Å². The van der Waals surface area contributed by atoms with Crippen LogP contribution in [0.2, 0.25) is 0 Å². The molecule has 0 spiro atoms. The van der Waals surface area contributed by atoms with Gasteiger partial charge in [-0.05, 0) is 43.2 Å². The second-order valence-corrected chi connectivity index (χ2v) is 7.53. The Kier molecular flexibility index (Phi) is 5.05. The number of rotatable bonds is 5. The fraction of sp³-hybridized carbons (Fsp3) is 0.524. The third-order valence-corrected chi connectivity index (χ3v) is 5.69. The Morgan fingerprint density at radius 1 is 1.19 bits per heavy atom. The average Bonchev–Trinajstić information content (AvgIpc) is 3.37. The number of carbonyl (C=O) groups excluding carboxylic acids is 1. The van der Waals surface area contributed by atoms with Gasteiger partial charge >= 0.3 is 0 Å². The second kappa shape index (κ2) is 7.60. The van der Waals surface area contributed by atoms with Crippen LogP contribution in [0.5, 0.6) is 0 Å². The van der Waals surface area contributed by atoms with Gasteiger partial charge in [-0.25, -0.2) is 9.37 Å². The van der Waals surface area contributed by atoms with Crippen molar-refractivity contribution in [3.63, 3.8) is 0 Å². The minimum absolute atomic E-state index is 0.0710. The van der Waals surface area contributed by atoms with Crippen LogP contribution in [0.3, 0.4) is 0 Å². The molecule has 1 saturated carbocycles. The standard InChI is InChI=1S/C21H25FN2O2/c22-18-9-4-3-8-16(18)13-17-14-23-21(26-17)19-10-5-11-24(19)20(25)12-15-6-1-2-7-15/h3-4,8-9,14-15,19H,1-2,5-7,10-13H2. The highest BCUT2D eigenvalue weighted by Crippen LogP contribution is 2.35. The number of aromatic nitrogens is 1. The summed E-state index contributed by atoms with van der Waals surface area (Å²) in [6.07, 6.45) is 9.41. The summed E-state index contributed by atoms with van der Waals surface area (Å²) in [6, 6.07) is 6.63. The molecule has 1 unspecified atom stereocenters. The minimum atomic E-state index is -0.236. The molecule has 1 amide bonds. The van der Waals surface area contributed by atoms with Crippen molar-refractivity contribution in [3.8, 4) is 0 Å². The van der Waals surface area contributed by atoms with E-state index in [-0.39, 0.29) is 17.8 Å². The first-order chi connectivity index (χ1) is 12.7. The molecule has 2 fully saturated rings. The molecule has 1 aromatic heterocycles. The molecule has 1 atom stereocenters. The Labute approximate surface area is 153 Å². The maximum atomic E-state index is 13.8. The van der Waals surface area contributed by atoms with Gasteiger partial charge < -0.3 is 9.32 Å². The Morgan fingerprint density at radius 3 is 2.81 bits per heavy atom. The van der Waals surface area contributed by atoms with Crippen molar-refractivity contribution in [3.05, 3.63) is 53.5 Å². The molecule has 2 heterocycles. The Morgan fingerprint density at radius 2 is 2.00 bits per heavy atom. The number of oxazole rings is 1. The number of likely N-dealkylation sites (tertiary alicyclic amines) is 1. The van der Waals surface area contributed by atoms with Gasteiger partial charge in [-0.3, -0.25) is 4.79 Å². The molecule has 1 aromatic carbocycles. The number of hydrogen-bond donors (Lipinski definition) is 0. The van der Waals surface area contributed by atoms with Gasteiger partial charge in [0.2, 0.25) is 11.8 Å². The highest BCUT2D eigenvalue weighted by molar-refractivity contribution is 5.77. The molecule has 0 radical (unpaired) electrons. The van der Waals surface area contributed by atoms with Crippen molar-refractivity contribution in [1.29, 1.82) is 0 Å². The first-order valence-corrected chi connectivity index (χ1v) is 9.68. The van der Waals surface area contributed by atoms with E-state index in [1.54, 1.807) is 18.3 Å². The fourth-order valence-corrected chi connectivity index (χ4v) is 4.29. The first kappa shape index (κ1) is 17.3. The predicted octanol–water partition coefficient (Wildman–Crippen LogP) is 4.65. The van der Waals surface area contributed by atoms with Gasteiger partial charge in [0.25, 0.3) is 0 Å². The lowest BCUT2D eigenvalue weighted by molar-refractivity contribution is -0.133. The second-order valence-electron chi connectivity index (χ2n) is 7.53. The summed E-state index contributed by atoms with van der Waals surface area (Å²) in [4.78, 5) is 19.1. The number of carbonyl (C=O) groups is 1. The summed E-state index contributed by atoms with van der Waals surface area (Å²) in [5, 5.41) is 0. The molecular weight excluding hydrogens is 331 g/mol. The summed E-state index contributed by atoms with van der Waals surface area (Å²) >= 11 is 0. The van der Waals surface area contributed by atoms with Gasteiger partial charge in [0.1, 0.15) is 17.6 Å². The van der Waals surface area contributed by atoms with Gasteiger partial charge in [-0.2, -0.15) is 0 Å². The highest BCUT2D eigenvalue weighted by Gasteiger charge is 2.34. The van der Waals surface area contributed by atoms with E-state index in [0.29, 0.717) is 36.0 Å². The Bertz CT molecular complexity index is 767. The molecular formula is C21H25FN2O2. The number of nitrogens with zero attached hydrogens (tertiary/aromatic N) is 2. The van der Waals surface area contributed by atoms with Gasteiger partial charge in [0, 0.05) is 19.4 Å². The van der Waals surface area contributed by atoms with E-state index in [1.807, 2.05) is 11.0 Å². The Hall–Kier alpha value is -2.17. The van der Waals surface area contributed by atoms with Crippen LogP contribution in [-0.2, 0) is 11.2 Å². The fourth-order valence-electron chi connectivity index (χ4n) is 4.29. The van der Waals surface area contributed by atoms with E-state index >= 15 is 0 Å². The summed E-state index contributed by atoms with van der Waals surface area (Å²) in [5.41, 5.74) is 0.593. The van der Waals surface area contributed by atoms with E-state index in [1.165, 1.54) is 31.7 Å². The van der Waals surface area contributed by atoms with E-state index in [2.05, 4.69) is 4.98 Å². The molecule has 1 aliphatic heterocycles. The number of hydrogen-bond acceptors (Lipinski definition) is 3. The molecule has 1 saturated heterocycles. The zero-order chi connectivity index (χ0) is 17.9. The maximum Gasteiger partial charge on any atom is 0.223 e. The molecule has 2 aliphatic rings. The van der Waals surface area contributed by atoms with Gasteiger partial charge in [-0.1, -0.05) is 31.0 Å². The van der Waals surface area contributed by atoms with Gasteiger partial charge in [0.15, 0.2) is 0 Å². The van der Waals surface area contributed by atoms with Crippen LogP contribution in [0.25, 0.3) is 0 Å². The topological polar surface area (TPSA) is 46.3 Å². The molecule has 138 valence electrons. The lowest BCUT2D eigenvalue weighted by Gasteiger charge is -2.23. The quantitative estimate of drug-likeness (QED) is 0.783. The number of amides is 1. The smallest absolute Gasteiger partial charge is 0.223 e. The summed E-state index contributed by atoms with van der Waals surface area (Å²) in [6.45, 7) is 0.779. The third-order valence-electron chi connectivity index (χ3n) is 5.69. The van der Waals surface area contributed by atoms with Crippen LogP contribution in [0.15, 0.2) is 34.9 Å². The maximum absolute atomic E-state index is 13.8. The van der Waals surface area contributed by atoms with Crippen LogP contribution in [0, 0.1) is 11.7 Å². The van der Waals surface area contributed by atoms with Gasteiger partial charge in [-0.15, -0.1) is 0 Å². The van der Waals surface area contributed by atoms with Crippen LogP contribution in [0.1, 0.15) is 68.2 Å². The Balaban J connectivity index is 1.44. The number of halogens is 1. The summed E-state index contributed by atoms with van der Waals surface area (Å²) in [7, 11) is 0. The van der Waals surface area contributed by atoms with Crippen molar-refractivity contribution in [2.75, 3.05) is 6.54 Å². The minimum Gasteiger partial charge on any atom is -0.443 e. The molecule has 5 heteroatoms. The van der Waals surface area contributed by atoms with Crippen LogP contribution in [-0.4, -0.2) is 22.3 Å². The van der Waals surface area contributed by atoms with Crippen molar-refractivity contribution >= 4 is 5.91 Å². The average molecular weight is 356 g/mol. The number of benzene rings is 1. The van der Waals surface area contributed by atoms with E-state index in [0.717, 1.165) is 19.4 Å². The summed E-state index contributed by atoms with van der Waals surface area (Å²) in [5.74, 6) is 1.77. The van der Waals surface area contributed by atoms with Crippen molar-refractivity contribution in [1.82, 2.24) is 9.88 Å². The van der Waals surface area contributed by atoms with Crippen LogP contribution >= 0.6 is 0 Å². The SMILES string of the molecule is O=C(CC1CCCC1)N1CCCC1c1ncc(Cc2ccccc2F)o1. The van der Waals surface area contributed by atoms with E-state index in [9.17, 15) is 9.18 Å². The molecule has 0 N–H and O–H groups in total. The monoisotopic (exact) mass is 356 g/mol. The summed E-state index contributed by atoms with van der Waals surface area (Å²) < 4.78 is 19.7. The zero-order valence-corrected chi connectivity index (χ0v) is 15.0. The van der Waals surface area contributed by atoms with Crippen molar-refractivity contribution < 1.29 is 13.6 Å². The molecule has 2 aromatic rings. The van der Waals surface area contributed by atoms with E-state index < -0.39 is 0 Å². The van der Waals surface area contributed by atoms with Gasteiger partial charge in [0.05, 0.1) is 6.20 Å². The predicted molar refractivity (Wildman–Crippen MR) is 96.0 cm³/mol. The van der Waals surface area contributed by atoms with E-state index in [4.69, 9.17) is 4.42 Å². The molecule has 4 rings (SSSR count). The zero-order valence-electron chi connectivity index (χ0n) is 15.0. The molecule has 26 heavy (non-hydrogen) atoms. The molecule has 4 nitrogen and oxygen atoms in total.